The maximum atomic E-state index is 12.8. The first-order chi connectivity index (χ1) is 11.4. The van der Waals surface area contributed by atoms with Gasteiger partial charge < -0.3 is 15.5 Å². The predicted octanol–water partition coefficient (Wildman–Crippen LogP) is 3.48. The zero-order valence-electron chi connectivity index (χ0n) is 13.7. The van der Waals surface area contributed by atoms with Crippen LogP contribution in [0.4, 0.5) is 31.1 Å². The lowest BCUT2D eigenvalue weighted by atomic mass is 10.0. The average Bonchev–Trinajstić information content (AvgIpc) is 2.50. The maximum absolute atomic E-state index is 12.8. The van der Waals surface area contributed by atoms with E-state index in [9.17, 15) is 31.1 Å². The molecule has 4 nitrogen and oxygen atoms in total. The lowest BCUT2D eigenvalue weighted by molar-refractivity contribution is -0.143. The van der Waals surface area contributed by atoms with Gasteiger partial charge in [-0.15, -0.1) is 0 Å². The largest absolute Gasteiger partial charge is 0.416 e. The second-order valence-electron chi connectivity index (χ2n) is 5.45. The van der Waals surface area contributed by atoms with Gasteiger partial charge in [-0.25, -0.2) is 4.79 Å². The van der Waals surface area contributed by atoms with Gasteiger partial charge >= 0.3 is 18.4 Å². The van der Waals surface area contributed by atoms with Crippen LogP contribution in [0.1, 0.15) is 23.1 Å². The summed E-state index contributed by atoms with van der Waals surface area (Å²) in [6.45, 7) is 0.617. The third-order valence-electron chi connectivity index (χ3n) is 3.36. The Morgan fingerprint density at radius 3 is 2.00 bits per heavy atom. The number of hydrogen-bond acceptors (Lipinski definition) is 2. The highest BCUT2D eigenvalue weighted by atomic mass is 19.4. The lowest BCUT2D eigenvalue weighted by Gasteiger charge is -2.19. The van der Waals surface area contributed by atoms with Crippen LogP contribution in [0.25, 0.3) is 0 Å². The van der Waals surface area contributed by atoms with Gasteiger partial charge in [-0.2, -0.15) is 26.3 Å². The second-order valence-corrected chi connectivity index (χ2v) is 5.45. The molecular weight excluding hydrogens is 352 g/mol. The van der Waals surface area contributed by atoms with Gasteiger partial charge in [-0.1, -0.05) is 0 Å². The fraction of sp³-hybridized carbons (Fsp3) is 0.533. The summed E-state index contributed by atoms with van der Waals surface area (Å²) in [6, 6.07) is 0.657. The number of nitrogens with one attached hydrogen (secondary N) is 2. The summed E-state index contributed by atoms with van der Waals surface area (Å²) in [5.41, 5.74) is -3.10. The minimum atomic E-state index is -4.91. The molecule has 142 valence electrons. The average molecular weight is 371 g/mol. The van der Waals surface area contributed by atoms with Gasteiger partial charge in [0.25, 0.3) is 0 Å². The van der Waals surface area contributed by atoms with Gasteiger partial charge in [-0.3, -0.25) is 0 Å². The van der Waals surface area contributed by atoms with E-state index in [1.165, 1.54) is 11.9 Å². The summed E-state index contributed by atoms with van der Waals surface area (Å²) in [5, 5.41) is 5.20. The van der Waals surface area contributed by atoms with Crippen molar-refractivity contribution in [2.75, 3.05) is 27.2 Å². The minimum absolute atomic E-state index is 0.0508. The summed E-state index contributed by atoms with van der Waals surface area (Å²) in [7, 11) is 3.23. The normalized spacial score (nSPS) is 12.2. The number of halogens is 6. The Hall–Kier alpha value is -1.97. The van der Waals surface area contributed by atoms with Crippen molar-refractivity contribution in [1.82, 2.24) is 15.5 Å². The van der Waals surface area contributed by atoms with Crippen molar-refractivity contribution in [1.29, 1.82) is 0 Å². The number of hydrogen-bond donors (Lipinski definition) is 2. The molecule has 2 N–H and O–H groups in total. The van der Waals surface area contributed by atoms with Gasteiger partial charge in [0.1, 0.15) is 0 Å². The maximum Gasteiger partial charge on any atom is 0.416 e. The van der Waals surface area contributed by atoms with E-state index >= 15 is 0 Å². The van der Waals surface area contributed by atoms with Crippen molar-refractivity contribution >= 4 is 6.03 Å². The van der Waals surface area contributed by atoms with Gasteiger partial charge in [-0.05, 0) is 43.8 Å². The summed E-state index contributed by atoms with van der Waals surface area (Å²) in [5.74, 6) is 0. The highest BCUT2D eigenvalue weighted by Crippen LogP contribution is 2.36. The third-order valence-corrected chi connectivity index (χ3v) is 3.36. The molecule has 0 fully saturated rings. The number of urea groups is 1. The SMILES string of the molecule is CNCCCN(C)C(=O)NCc1cc(C(F)(F)F)cc(C(F)(F)F)c1. The molecule has 0 saturated heterocycles. The van der Waals surface area contributed by atoms with E-state index in [0.29, 0.717) is 31.6 Å². The Kier molecular flexibility index (Phi) is 7.09. The van der Waals surface area contributed by atoms with Crippen molar-refractivity contribution in [2.24, 2.45) is 0 Å². The quantitative estimate of drug-likeness (QED) is 0.594. The Morgan fingerprint density at radius 1 is 1.04 bits per heavy atom. The standard InChI is InChI=1S/C15H19F6N3O/c1-22-4-3-5-24(2)13(25)23-9-10-6-11(14(16,17)18)8-12(7-10)15(19,20)21/h6-8,22H,3-5,9H2,1-2H3,(H,23,25). The summed E-state index contributed by atoms with van der Waals surface area (Å²) in [6.07, 6.45) is -9.17. The van der Waals surface area contributed by atoms with Crippen molar-refractivity contribution in [3.63, 3.8) is 0 Å². The highest BCUT2D eigenvalue weighted by Gasteiger charge is 2.36. The summed E-state index contributed by atoms with van der Waals surface area (Å²) < 4.78 is 76.6. The van der Waals surface area contributed by atoms with Crippen LogP contribution in [0, 0.1) is 0 Å². The first kappa shape index (κ1) is 21.1. The first-order valence-electron chi connectivity index (χ1n) is 7.37. The van der Waals surface area contributed by atoms with Crippen LogP contribution in [0.15, 0.2) is 18.2 Å². The van der Waals surface area contributed by atoms with E-state index in [1.54, 1.807) is 7.05 Å². The van der Waals surface area contributed by atoms with E-state index in [4.69, 9.17) is 0 Å². The van der Waals surface area contributed by atoms with Crippen LogP contribution in [0.2, 0.25) is 0 Å². The highest BCUT2D eigenvalue weighted by molar-refractivity contribution is 5.73. The summed E-state index contributed by atoms with van der Waals surface area (Å²) >= 11 is 0. The Bertz CT molecular complexity index is 553. The molecule has 0 unspecified atom stereocenters. The fourth-order valence-electron chi connectivity index (χ4n) is 2.03. The fourth-order valence-corrected chi connectivity index (χ4v) is 2.03. The zero-order valence-corrected chi connectivity index (χ0v) is 13.7. The van der Waals surface area contributed by atoms with Crippen molar-refractivity contribution < 1.29 is 31.1 Å². The van der Waals surface area contributed by atoms with E-state index in [0.717, 1.165) is 0 Å². The van der Waals surface area contributed by atoms with Gasteiger partial charge in [0.15, 0.2) is 0 Å². The minimum Gasteiger partial charge on any atom is -0.334 e. The van der Waals surface area contributed by atoms with Crippen LogP contribution in [-0.2, 0) is 18.9 Å². The summed E-state index contributed by atoms with van der Waals surface area (Å²) in [4.78, 5) is 13.1. The van der Waals surface area contributed by atoms with Gasteiger partial charge in [0.2, 0.25) is 0 Å². The molecular formula is C15H19F6N3O. The molecule has 0 atom stereocenters. The number of benzene rings is 1. The van der Waals surface area contributed by atoms with E-state index in [2.05, 4.69) is 10.6 Å². The Labute approximate surface area is 141 Å². The molecule has 0 aliphatic carbocycles. The predicted molar refractivity (Wildman–Crippen MR) is 79.9 cm³/mol. The monoisotopic (exact) mass is 371 g/mol. The topological polar surface area (TPSA) is 44.4 Å². The molecule has 0 aromatic heterocycles. The van der Waals surface area contributed by atoms with Crippen molar-refractivity contribution in [3.8, 4) is 0 Å². The zero-order chi connectivity index (χ0) is 19.3. The van der Waals surface area contributed by atoms with E-state index in [-0.39, 0.29) is 11.6 Å². The van der Waals surface area contributed by atoms with Crippen LogP contribution in [0.5, 0.6) is 0 Å². The molecule has 1 rings (SSSR count). The van der Waals surface area contributed by atoms with Crippen molar-refractivity contribution in [2.45, 2.75) is 25.3 Å². The van der Waals surface area contributed by atoms with Gasteiger partial charge in [0, 0.05) is 20.1 Å². The van der Waals surface area contributed by atoms with E-state index in [1.807, 2.05) is 0 Å². The number of rotatable bonds is 6. The van der Waals surface area contributed by atoms with Crippen LogP contribution in [0.3, 0.4) is 0 Å². The molecule has 0 aliphatic heterocycles. The molecule has 0 spiro atoms. The van der Waals surface area contributed by atoms with Crippen LogP contribution < -0.4 is 10.6 Å². The third kappa shape index (κ3) is 6.81. The molecule has 0 heterocycles. The number of nitrogens with zero attached hydrogens (tertiary/aromatic N) is 1. The van der Waals surface area contributed by atoms with Gasteiger partial charge in [0.05, 0.1) is 11.1 Å². The molecule has 0 radical (unpaired) electrons. The molecule has 2 amide bonds. The molecule has 1 aromatic carbocycles. The van der Waals surface area contributed by atoms with Crippen LogP contribution in [-0.4, -0.2) is 38.1 Å². The first-order valence-corrected chi connectivity index (χ1v) is 7.37. The number of carbonyl (C=O) groups is 1. The Balaban J connectivity index is 2.85. The molecule has 25 heavy (non-hydrogen) atoms. The van der Waals surface area contributed by atoms with E-state index < -0.39 is 36.1 Å². The molecule has 0 aliphatic rings. The van der Waals surface area contributed by atoms with Crippen LogP contribution >= 0.6 is 0 Å². The smallest absolute Gasteiger partial charge is 0.334 e. The number of carbonyl (C=O) groups excluding carboxylic acids is 1. The molecule has 1 aromatic rings. The second kappa shape index (κ2) is 8.41. The molecule has 10 heteroatoms. The lowest BCUT2D eigenvalue weighted by Crippen LogP contribution is -2.38. The van der Waals surface area contributed by atoms with Crippen molar-refractivity contribution in [3.05, 3.63) is 34.9 Å². The number of alkyl halides is 6. The molecule has 0 saturated carbocycles. The molecule has 0 bridgehead atoms. The number of amides is 2. The Morgan fingerprint density at radius 2 is 1.56 bits per heavy atom.